The van der Waals surface area contributed by atoms with Crippen molar-refractivity contribution < 1.29 is 13.5 Å². The summed E-state index contributed by atoms with van der Waals surface area (Å²) in [5, 5.41) is 19.5. The van der Waals surface area contributed by atoms with Gasteiger partial charge in [0.25, 0.3) is 0 Å². The second-order valence-corrected chi connectivity index (χ2v) is 7.61. The number of hydrogen-bond acceptors (Lipinski definition) is 4. The summed E-state index contributed by atoms with van der Waals surface area (Å²) in [7, 11) is -3.08. The molecule has 0 spiro atoms. The summed E-state index contributed by atoms with van der Waals surface area (Å²) in [5.41, 5.74) is -0.831. The van der Waals surface area contributed by atoms with Crippen LogP contribution in [0.1, 0.15) is 38.5 Å². The first-order valence-electron chi connectivity index (χ1n) is 6.29. The fourth-order valence-corrected chi connectivity index (χ4v) is 5.30. The van der Waals surface area contributed by atoms with Crippen LogP contribution in [-0.2, 0) is 9.84 Å². The van der Waals surface area contributed by atoms with E-state index in [-0.39, 0.29) is 17.4 Å². The van der Waals surface area contributed by atoms with Crippen LogP contribution < -0.4 is 0 Å². The Morgan fingerprint density at radius 2 is 1.94 bits per heavy atom. The molecule has 1 aliphatic carbocycles. The molecule has 3 atom stereocenters. The molecule has 96 valence electrons. The van der Waals surface area contributed by atoms with Crippen LogP contribution in [-0.4, -0.2) is 31.1 Å². The topological polar surface area (TPSA) is 78.2 Å². The number of nitriles is 1. The van der Waals surface area contributed by atoms with Crippen LogP contribution >= 0.6 is 0 Å². The van der Waals surface area contributed by atoms with Gasteiger partial charge in [-0.1, -0.05) is 19.3 Å². The molecule has 0 aromatic carbocycles. The van der Waals surface area contributed by atoms with Crippen LogP contribution in [0.3, 0.4) is 0 Å². The number of rotatable bonds is 1. The molecule has 4 nitrogen and oxygen atoms in total. The Balaban J connectivity index is 2.26. The maximum absolute atomic E-state index is 11.6. The van der Waals surface area contributed by atoms with Crippen molar-refractivity contribution in [2.75, 3.05) is 11.5 Å². The van der Waals surface area contributed by atoms with Crippen LogP contribution in [0.2, 0.25) is 0 Å². The van der Waals surface area contributed by atoms with Crippen LogP contribution in [0.4, 0.5) is 0 Å². The molecule has 2 rings (SSSR count). The first kappa shape index (κ1) is 12.8. The summed E-state index contributed by atoms with van der Waals surface area (Å²) in [4.78, 5) is 0. The second-order valence-electron chi connectivity index (χ2n) is 5.42. The van der Waals surface area contributed by atoms with Crippen LogP contribution in [0, 0.1) is 22.7 Å². The molecule has 0 bridgehead atoms. The minimum absolute atomic E-state index is 0.0573. The molecule has 0 amide bonds. The Kier molecular flexibility index (Phi) is 3.46. The van der Waals surface area contributed by atoms with E-state index in [1.54, 1.807) is 0 Å². The second kappa shape index (κ2) is 4.58. The minimum Gasteiger partial charge on any atom is -0.393 e. The first-order chi connectivity index (χ1) is 7.99. The van der Waals surface area contributed by atoms with Gasteiger partial charge in [-0.2, -0.15) is 5.26 Å². The molecule has 1 N–H and O–H groups in total. The van der Waals surface area contributed by atoms with Crippen molar-refractivity contribution in [1.82, 2.24) is 0 Å². The summed E-state index contributed by atoms with van der Waals surface area (Å²) in [6.07, 6.45) is 4.41. The SMILES string of the molecule is N#CC1(C2CCCCCC2O)CCS(=O)(=O)C1. The predicted molar refractivity (Wildman–Crippen MR) is 63.9 cm³/mol. The van der Waals surface area contributed by atoms with Crippen molar-refractivity contribution in [1.29, 1.82) is 5.26 Å². The fourth-order valence-electron chi connectivity index (χ4n) is 3.27. The Bertz CT molecular complexity index is 426. The smallest absolute Gasteiger partial charge is 0.151 e. The van der Waals surface area contributed by atoms with E-state index in [0.717, 1.165) is 25.7 Å². The number of sulfone groups is 1. The van der Waals surface area contributed by atoms with Crippen molar-refractivity contribution >= 4 is 9.84 Å². The van der Waals surface area contributed by atoms with Crippen LogP contribution in [0.5, 0.6) is 0 Å². The summed E-state index contributed by atoms with van der Waals surface area (Å²) in [6, 6.07) is 2.22. The Morgan fingerprint density at radius 3 is 2.53 bits per heavy atom. The molecule has 5 heteroatoms. The van der Waals surface area contributed by atoms with Crippen molar-refractivity contribution in [2.24, 2.45) is 11.3 Å². The highest BCUT2D eigenvalue weighted by Crippen LogP contribution is 2.44. The van der Waals surface area contributed by atoms with Gasteiger partial charge in [0.2, 0.25) is 0 Å². The molecule has 3 unspecified atom stereocenters. The predicted octanol–water partition coefficient (Wildman–Crippen LogP) is 1.26. The van der Waals surface area contributed by atoms with Crippen LogP contribution in [0.15, 0.2) is 0 Å². The summed E-state index contributed by atoms with van der Waals surface area (Å²) < 4.78 is 23.2. The van der Waals surface area contributed by atoms with E-state index in [4.69, 9.17) is 0 Å². The van der Waals surface area contributed by atoms with Gasteiger partial charge in [0.05, 0.1) is 29.1 Å². The van der Waals surface area contributed by atoms with E-state index in [9.17, 15) is 18.8 Å². The lowest BCUT2D eigenvalue weighted by molar-refractivity contribution is 0.0483. The maximum atomic E-state index is 11.6. The van der Waals surface area contributed by atoms with E-state index in [1.165, 1.54) is 0 Å². The molecule has 2 fully saturated rings. The number of aliphatic hydroxyl groups excluding tert-OH is 1. The highest BCUT2D eigenvalue weighted by Gasteiger charge is 2.50. The lowest BCUT2D eigenvalue weighted by Gasteiger charge is -2.32. The zero-order chi connectivity index (χ0) is 12.5. The van der Waals surface area contributed by atoms with Crippen LogP contribution in [0.25, 0.3) is 0 Å². The summed E-state index contributed by atoms with van der Waals surface area (Å²) in [5.74, 6) is -0.116. The number of hydrogen-bond donors (Lipinski definition) is 1. The Morgan fingerprint density at radius 1 is 1.24 bits per heavy atom. The molecule has 0 radical (unpaired) electrons. The summed E-state index contributed by atoms with van der Waals surface area (Å²) >= 11 is 0. The molecule has 0 aromatic heterocycles. The first-order valence-corrected chi connectivity index (χ1v) is 8.11. The van der Waals surface area contributed by atoms with Crippen molar-refractivity contribution in [3.05, 3.63) is 0 Å². The Hall–Kier alpha value is -0.600. The third-order valence-corrected chi connectivity index (χ3v) is 6.03. The molecule has 2 aliphatic rings. The zero-order valence-electron chi connectivity index (χ0n) is 9.93. The Labute approximate surface area is 103 Å². The molecule has 1 saturated carbocycles. The van der Waals surface area contributed by atoms with Gasteiger partial charge < -0.3 is 5.11 Å². The molecular weight excluding hydrogens is 238 g/mol. The van der Waals surface area contributed by atoms with E-state index in [2.05, 4.69) is 6.07 Å². The monoisotopic (exact) mass is 257 g/mol. The lowest BCUT2D eigenvalue weighted by Crippen LogP contribution is -2.38. The third kappa shape index (κ3) is 2.48. The van der Waals surface area contributed by atoms with Gasteiger partial charge in [-0.05, 0) is 19.3 Å². The molecule has 1 saturated heterocycles. The quantitative estimate of drug-likeness (QED) is 0.717. The average Bonchev–Trinajstić information content (AvgIpc) is 2.46. The van der Waals surface area contributed by atoms with Gasteiger partial charge in [-0.15, -0.1) is 0 Å². The summed E-state index contributed by atoms with van der Waals surface area (Å²) in [6.45, 7) is 0. The third-order valence-electron chi connectivity index (χ3n) is 4.25. The fraction of sp³-hybridized carbons (Fsp3) is 0.917. The van der Waals surface area contributed by atoms with Gasteiger partial charge in [0, 0.05) is 5.92 Å². The molecule has 0 aromatic rings. The van der Waals surface area contributed by atoms with Gasteiger partial charge in [0.15, 0.2) is 9.84 Å². The van der Waals surface area contributed by atoms with Crippen molar-refractivity contribution in [2.45, 2.75) is 44.6 Å². The van der Waals surface area contributed by atoms with Gasteiger partial charge in [-0.3, -0.25) is 0 Å². The van der Waals surface area contributed by atoms with Crippen molar-refractivity contribution in [3.8, 4) is 6.07 Å². The molecule has 1 aliphatic heterocycles. The highest BCUT2D eigenvalue weighted by molar-refractivity contribution is 7.91. The van der Waals surface area contributed by atoms with E-state index in [0.29, 0.717) is 12.8 Å². The lowest BCUT2D eigenvalue weighted by atomic mass is 9.71. The normalized spacial score (nSPS) is 41.6. The molecular formula is C12H19NO3S. The number of aliphatic hydroxyl groups is 1. The molecule has 17 heavy (non-hydrogen) atoms. The standard InChI is InChI=1S/C12H19NO3S/c13-8-12(6-7-17(15,16)9-12)10-4-2-1-3-5-11(10)14/h10-11,14H,1-7,9H2. The average molecular weight is 257 g/mol. The highest BCUT2D eigenvalue weighted by atomic mass is 32.2. The van der Waals surface area contributed by atoms with Gasteiger partial charge in [-0.25, -0.2) is 8.42 Å². The van der Waals surface area contributed by atoms with E-state index < -0.39 is 21.4 Å². The number of nitrogens with zero attached hydrogens (tertiary/aromatic N) is 1. The van der Waals surface area contributed by atoms with Gasteiger partial charge >= 0.3 is 0 Å². The minimum atomic E-state index is -3.08. The zero-order valence-corrected chi connectivity index (χ0v) is 10.7. The maximum Gasteiger partial charge on any atom is 0.151 e. The molecule has 1 heterocycles. The van der Waals surface area contributed by atoms with Gasteiger partial charge in [0.1, 0.15) is 0 Å². The van der Waals surface area contributed by atoms with E-state index in [1.807, 2.05) is 0 Å². The largest absolute Gasteiger partial charge is 0.393 e. The van der Waals surface area contributed by atoms with Crippen molar-refractivity contribution in [3.63, 3.8) is 0 Å². The van der Waals surface area contributed by atoms with E-state index >= 15 is 0 Å².